The Morgan fingerprint density at radius 2 is 1.70 bits per heavy atom. The van der Waals surface area contributed by atoms with Crippen LogP contribution in [0.15, 0.2) is 42.6 Å². The minimum atomic E-state index is -4.82. The van der Waals surface area contributed by atoms with Crippen LogP contribution in [0.25, 0.3) is 5.69 Å². The van der Waals surface area contributed by atoms with E-state index in [1.165, 1.54) is 44.6 Å². The Hall–Kier alpha value is -3.20. The van der Waals surface area contributed by atoms with E-state index in [1.54, 1.807) is 13.0 Å². The molecule has 30 heavy (non-hydrogen) atoms. The summed E-state index contributed by atoms with van der Waals surface area (Å²) < 4.78 is 52.4. The summed E-state index contributed by atoms with van der Waals surface area (Å²) in [5.74, 6) is -0.205. The summed E-state index contributed by atoms with van der Waals surface area (Å²) in [4.78, 5) is 12.7. The van der Waals surface area contributed by atoms with Gasteiger partial charge >= 0.3 is 6.18 Å². The van der Waals surface area contributed by atoms with Gasteiger partial charge in [0.25, 0.3) is 5.91 Å². The lowest BCUT2D eigenvalue weighted by Gasteiger charge is -2.15. The molecule has 0 aliphatic heterocycles. The molecule has 1 aromatic heterocycles. The minimum absolute atomic E-state index is 0.119. The van der Waals surface area contributed by atoms with E-state index < -0.39 is 23.3 Å². The van der Waals surface area contributed by atoms with E-state index in [0.717, 1.165) is 6.20 Å². The van der Waals surface area contributed by atoms with Gasteiger partial charge in [-0.25, -0.2) is 4.68 Å². The van der Waals surface area contributed by atoms with Gasteiger partial charge in [-0.3, -0.25) is 4.79 Å². The summed E-state index contributed by atoms with van der Waals surface area (Å²) in [5.41, 5.74) is -0.829. The minimum Gasteiger partial charge on any atom is -0.493 e. The predicted octanol–water partition coefficient (Wildman–Crippen LogP) is 5.12. The summed E-state index contributed by atoms with van der Waals surface area (Å²) >= 11 is 5.80. The Labute approximate surface area is 175 Å². The Bertz CT molecular complexity index is 1080. The van der Waals surface area contributed by atoms with Crippen LogP contribution < -0.4 is 14.8 Å². The number of methoxy groups -OCH3 is 2. The number of carbonyl (C=O) groups excluding carboxylic acids is 1. The molecule has 1 amide bonds. The quantitative estimate of drug-likeness (QED) is 0.599. The molecule has 0 saturated heterocycles. The summed E-state index contributed by atoms with van der Waals surface area (Å²) in [6, 6.07) is 8.71. The molecule has 0 spiro atoms. The topological polar surface area (TPSA) is 65.4 Å². The third-order valence-electron chi connectivity index (χ3n) is 4.33. The van der Waals surface area contributed by atoms with Gasteiger partial charge in [-0.15, -0.1) is 0 Å². The molecule has 0 unspecified atom stereocenters. The molecule has 0 radical (unpaired) electrons. The zero-order valence-corrected chi connectivity index (χ0v) is 16.9. The second-order valence-electron chi connectivity index (χ2n) is 6.27. The van der Waals surface area contributed by atoms with Crippen molar-refractivity contribution in [3.63, 3.8) is 0 Å². The number of halogens is 4. The van der Waals surface area contributed by atoms with Crippen molar-refractivity contribution in [2.45, 2.75) is 13.1 Å². The van der Waals surface area contributed by atoms with Crippen molar-refractivity contribution in [3.8, 4) is 17.2 Å². The van der Waals surface area contributed by atoms with Crippen molar-refractivity contribution in [2.24, 2.45) is 0 Å². The van der Waals surface area contributed by atoms with Gasteiger partial charge in [0.15, 0.2) is 17.2 Å². The first-order valence-corrected chi connectivity index (χ1v) is 8.98. The van der Waals surface area contributed by atoms with Gasteiger partial charge in [-0.1, -0.05) is 11.6 Å². The molecule has 2 aromatic carbocycles. The number of nitrogens with zero attached hydrogens (tertiary/aromatic N) is 2. The lowest BCUT2D eigenvalue weighted by atomic mass is 10.1. The zero-order valence-electron chi connectivity index (χ0n) is 16.2. The Kier molecular flexibility index (Phi) is 5.93. The fourth-order valence-electron chi connectivity index (χ4n) is 2.87. The first kappa shape index (κ1) is 21.5. The molecule has 10 heteroatoms. The van der Waals surface area contributed by atoms with E-state index >= 15 is 0 Å². The molecule has 158 valence electrons. The van der Waals surface area contributed by atoms with Gasteiger partial charge in [-0.2, -0.15) is 18.3 Å². The second kappa shape index (κ2) is 8.27. The smallest absolute Gasteiger partial charge is 0.434 e. The number of carbonyl (C=O) groups is 1. The molecule has 0 atom stereocenters. The maximum atomic E-state index is 13.8. The normalized spacial score (nSPS) is 11.3. The van der Waals surface area contributed by atoms with Gasteiger partial charge in [0, 0.05) is 16.8 Å². The van der Waals surface area contributed by atoms with Crippen molar-refractivity contribution >= 4 is 23.2 Å². The monoisotopic (exact) mass is 439 g/mol. The molecule has 3 rings (SSSR count). The van der Waals surface area contributed by atoms with Gasteiger partial charge in [0.05, 0.1) is 31.7 Å². The largest absolute Gasteiger partial charge is 0.493 e. The molecule has 1 N–H and O–H groups in total. The van der Waals surface area contributed by atoms with Crippen LogP contribution in [0.2, 0.25) is 5.02 Å². The van der Waals surface area contributed by atoms with Gasteiger partial charge in [-0.05, 0) is 42.8 Å². The van der Waals surface area contributed by atoms with Crippen molar-refractivity contribution in [3.05, 3.63) is 64.4 Å². The Morgan fingerprint density at radius 3 is 2.27 bits per heavy atom. The van der Waals surface area contributed by atoms with Gasteiger partial charge in [0.2, 0.25) is 0 Å². The molecule has 1 heterocycles. The van der Waals surface area contributed by atoms with E-state index in [1.807, 2.05) is 0 Å². The number of aryl methyl sites for hydroxylation is 1. The van der Waals surface area contributed by atoms with E-state index in [0.29, 0.717) is 26.8 Å². The van der Waals surface area contributed by atoms with E-state index in [2.05, 4.69) is 10.4 Å². The first-order chi connectivity index (χ1) is 14.2. The van der Waals surface area contributed by atoms with Crippen LogP contribution in [0.4, 0.5) is 18.9 Å². The van der Waals surface area contributed by atoms with E-state index in [9.17, 15) is 18.0 Å². The summed E-state index contributed by atoms with van der Waals surface area (Å²) in [6.45, 7) is 1.68. The Balaban J connectivity index is 2.02. The maximum Gasteiger partial charge on any atom is 0.434 e. The summed E-state index contributed by atoms with van der Waals surface area (Å²) in [6.07, 6.45) is -3.95. The molecule has 3 aromatic rings. The highest BCUT2D eigenvalue weighted by Crippen LogP contribution is 2.36. The average Bonchev–Trinajstić information content (AvgIpc) is 3.15. The van der Waals surface area contributed by atoms with Crippen LogP contribution in [-0.2, 0) is 6.18 Å². The van der Waals surface area contributed by atoms with Crippen LogP contribution in [0.5, 0.6) is 11.5 Å². The highest BCUT2D eigenvalue weighted by atomic mass is 35.5. The molecule has 6 nitrogen and oxygen atoms in total. The number of hydrogen-bond acceptors (Lipinski definition) is 4. The second-order valence-corrected chi connectivity index (χ2v) is 6.71. The first-order valence-electron chi connectivity index (χ1n) is 8.60. The predicted molar refractivity (Wildman–Crippen MR) is 106 cm³/mol. The number of anilines is 1. The molecule has 0 aliphatic carbocycles. The van der Waals surface area contributed by atoms with Crippen LogP contribution in [-0.4, -0.2) is 29.9 Å². The number of alkyl halides is 3. The highest BCUT2D eigenvalue weighted by Gasteiger charge is 2.40. The number of benzene rings is 2. The van der Waals surface area contributed by atoms with Crippen molar-refractivity contribution < 1.29 is 27.4 Å². The third-order valence-corrected chi connectivity index (χ3v) is 4.58. The SMILES string of the molecule is COc1cc(C)c(NC(=O)c2cnn(-c3ccc(Cl)cc3)c2C(F)(F)F)cc1OC. The summed E-state index contributed by atoms with van der Waals surface area (Å²) in [7, 11) is 2.87. The molecule has 0 aliphatic rings. The molecule has 0 saturated carbocycles. The van der Waals surface area contributed by atoms with Gasteiger partial charge in [0.1, 0.15) is 0 Å². The van der Waals surface area contributed by atoms with Crippen LogP contribution >= 0.6 is 11.6 Å². The zero-order chi connectivity index (χ0) is 22.1. The van der Waals surface area contributed by atoms with E-state index in [4.69, 9.17) is 21.1 Å². The maximum absolute atomic E-state index is 13.8. The van der Waals surface area contributed by atoms with Crippen LogP contribution in [0.3, 0.4) is 0 Å². The number of hydrogen-bond donors (Lipinski definition) is 1. The van der Waals surface area contributed by atoms with Gasteiger partial charge < -0.3 is 14.8 Å². The molecule has 0 bridgehead atoms. The lowest BCUT2D eigenvalue weighted by molar-refractivity contribution is -0.143. The number of nitrogens with one attached hydrogen (secondary N) is 1. The Morgan fingerprint density at radius 1 is 1.10 bits per heavy atom. The third kappa shape index (κ3) is 4.20. The standard InChI is InChI=1S/C20H17ClF3N3O3/c1-11-8-16(29-2)17(30-3)9-15(11)26-19(28)14-10-25-27(18(14)20(22,23)24)13-6-4-12(21)5-7-13/h4-10H,1-3H3,(H,26,28). The van der Waals surface area contributed by atoms with Crippen LogP contribution in [0.1, 0.15) is 21.6 Å². The number of aromatic nitrogens is 2. The fraction of sp³-hybridized carbons (Fsp3) is 0.200. The number of rotatable bonds is 5. The van der Waals surface area contributed by atoms with Crippen LogP contribution in [0, 0.1) is 6.92 Å². The number of amides is 1. The fourth-order valence-corrected chi connectivity index (χ4v) is 3.00. The average molecular weight is 440 g/mol. The highest BCUT2D eigenvalue weighted by molar-refractivity contribution is 6.30. The molecular formula is C20H17ClF3N3O3. The molecular weight excluding hydrogens is 423 g/mol. The van der Waals surface area contributed by atoms with E-state index in [-0.39, 0.29) is 11.4 Å². The lowest BCUT2D eigenvalue weighted by Crippen LogP contribution is -2.21. The van der Waals surface area contributed by atoms with Crippen molar-refractivity contribution in [1.29, 1.82) is 0 Å². The molecule has 0 fully saturated rings. The van der Waals surface area contributed by atoms with Crippen molar-refractivity contribution in [2.75, 3.05) is 19.5 Å². The van der Waals surface area contributed by atoms with Crippen molar-refractivity contribution in [1.82, 2.24) is 9.78 Å². The number of ether oxygens (including phenoxy) is 2. The summed E-state index contributed by atoms with van der Waals surface area (Å²) in [5, 5.41) is 6.63.